The Morgan fingerprint density at radius 2 is 1.94 bits per heavy atom. The first-order valence-corrected chi connectivity index (χ1v) is 6.16. The molecule has 0 spiro atoms. The molecule has 0 bridgehead atoms. The fraction of sp³-hybridized carbons (Fsp3) is 0.583. The van der Waals surface area contributed by atoms with E-state index in [0.717, 1.165) is 10.2 Å². The highest BCUT2D eigenvalue weighted by atomic mass is 79.9. The van der Waals surface area contributed by atoms with Crippen molar-refractivity contribution in [2.24, 2.45) is 5.41 Å². The summed E-state index contributed by atoms with van der Waals surface area (Å²) in [6.45, 7) is 8.87. The molecule has 1 atom stereocenters. The van der Waals surface area contributed by atoms with E-state index in [1.165, 1.54) is 0 Å². The molecule has 16 heavy (non-hydrogen) atoms. The number of halogens is 1. The lowest BCUT2D eigenvalue weighted by molar-refractivity contribution is 0.329. The third-order valence-electron chi connectivity index (χ3n) is 3.09. The number of nitrogen functional groups attached to an aromatic ring is 1. The predicted molar refractivity (Wildman–Crippen MR) is 73.7 cm³/mol. The number of nitrogens with zero attached hydrogens (tertiary/aromatic N) is 2. The Labute approximate surface area is 106 Å². The van der Waals surface area contributed by atoms with Gasteiger partial charge in [0, 0.05) is 19.3 Å². The van der Waals surface area contributed by atoms with Crippen LogP contribution in [0, 0.1) is 5.41 Å². The molecule has 1 aromatic rings. The van der Waals surface area contributed by atoms with E-state index in [1.807, 2.05) is 0 Å². The van der Waals surface area contributed by atoms with Gasteiger partial charge in [-0.2, -0.15) is 0 Å². The second-order valence-corrected chi connectivity index (χ2v) is 6.07. The molecule has 90 valence electrons. The minimum atomic E-state index is 0.198. The predicted octanol–water partition coefficient (Wildman–Crippen LogP) is 3.30. The third kappa shape index (κ3) is 2.67. The second kappa shape index (κ2) is 4.62. The first-order chi connectivity index (χ1) is 7.25. The van der Waals surface area contributed by atoms with E-state index in [9.17, 15) is 0 Å². The van der Waals surface area contributed by atoms with Crippen LogP contribution in [-0.2, 0) is 0 Å². The first-order valence-electron chi connectivity index (χ1n) is 5.37. The Hall–Kier alpha value is -0.770. The fourth-order valence-corrected chi connectivity index (χ4v) is 2.22. The zero-order valence-corrected chi connectivity index (χ0v) is 12.2. The number of hydrogen-bond acceptors (Lipinski definition) is 3. The van der Waals surface area contributed by atoms with Crippen molar-refractivity contribution >= 4 is 27.3 Å². The summed E-state index contributed by atoms with van der Waals surface area (Å²) in [6, 6.07) is 0.383. The lowest BCUT2D eigenvalue weighted by atomic mass is 9.87. The monoisotopic (exact) mass is 285 g/mol. The van der Waals surface area contributed by atoms with Gasteiger partial charge in [0.15, 0.2) is 0 Å². The fourth-order valence-electron chi connectivity index (χ4n) is 1.59. The smallest absolute Gasteiger partial charge is 0.0776 e. The van der Waals surface area contributed by atoms with E-state index in [2.05, 4.69) is 60.6 Å². The van der Waals surface area contributed by atoms with Gasteiger partial charge in [0.05, 0.1) is 22.0 Å². The van der Waals surface area contributed by atoms with Gasteiger partial charge in [-0.3, -0.25) is 4.98 Å². The van der Waals surface area contributed by atoms with Gasteiger partial charge in [-0.25, -0.2) is 0 Å². The standard InChI is InChI=1S/C12H20BrN3/c1-8(12(2,3)4)16(5)11-9(13)6-15-7-10(11)14/h6-8H,14H2,1-5H3. The van der Waals surface area contributed by atoms with Gasteiger partial charge in [-0.1, -0.05) is 20.8 Å². The molecule has 0 aliphatic rings. The summed E-state index contributed by atoms with van der Waals surface area (Å²) in [7, 11) is 2.06. The molecular weight excluding hydrogens is 266 g/mol. The van der Waals surface area contributed by atoms with E-state index >= 15 is 0 Å². The number of aromatic nitrogens is 1. The third-order valence-corrected chi connectivity index (χ3v) is 3.67. The summed E-state index contributed by atoms with van der Waals surface area (Å²) in [6.07, 6.45) is 3.46. The molecular formula is C12H20BrN3. The second-order valence-electron chi connectivity index (χ2n) is 5.21. The molecule has 1 aromatic heterocycles. The molecule has 1 unspecified atom stereocenters. The lowest BCUT2D eigenvalue weighted by Gasteiger charge is -2.37. The summed E-state index contributed by atoms with van der Waals surface area (Å²) in [4.78, 5) is 6.25. The van der Waals surface area contributed by atoms with Crippen LogP contribution in [0.4, 0.5) is 11.4 Å². The van der Waals surface area contributed by atoms with Crippen LogP contribution < -0.4 is 10.6 Å². The minimum absolute atomic E-state index is 0.198. The number of rotatable bonds is 2. The maximum absolute atomic E-state index is 5.97. The van der Waals surface area contributed by atoms with Crippen molar-refractivity contribution in [3.63, 3.8) is 0 Å². The molecule has 0 aliphatic carbocycles. The van der Waals surface area contributed by atoms with Crippen molar-refractivity contribution in [3.05, 3.63) is 16.9 Å². The van der Waals surface area contributed by atoms with Crippen molar-refractivity contribution in [1.29, 1.82) is 0 Å². The van der Waals surface area contributed by atoms with Gasteiger partial charge < -0.3 is 10.6 Å². The lowest BCUT2D eigenvalue weighted by Crippen LogP contribution is -2.39. The summed E-state index contributed by atoms with van der Waals surface area (Å²) < 4.78 is 0.936. The quantitative estimate of drug-likeness (QED) is 0.907. The molecule has 0 fully saturated rings. The van der Waals surface area contributed by atoms with E-state index in [0.29, 0.717) is 11.7 Å². The molecule has 0 aromatic carbocycles. The van der Waals surface area contributed by atoms with Gasteiger partial charge in [0.2, 0.25) is 0 Å². The molecule has 0 saturated carbocycles. The Morgan fingerprint density at radius 1 is 1.38 bits per heavy atom. The Balaban J connectivity index is 3.10. The van der Waals surface area contributed by atoms with E-state index in [4.69, 9.17) is 5.73 Å². The SMILES string of the molecule is CC(N(C)c1c(N)cncc1Br)C(C)(C)C. The highest BCUT2D eigenvalue weighted by Gasteiger charge is 2.26. The van der Waals surface area contributed by atoms with Crippen LogP contribution in [0.2, 0.25) is 0 Å². The summed E-state index contributed by atoms with van der Waals surface area (Å²) in [5, 5.41) is 0. The van der Waals surface area contributed by atoms with Crippen LogP contribution in [0.15, 0.2) is 16.9 Å². The average molecular weight is 286 g/mol. The normalized spacial score (nSPS) is 13.6. The van der Waals surface area contributed by atoms with Crippen molar-refractivity contribution in [1.82, 2.24) is 4.98 Å². The largest absolute Gasteiger partial charge is 0.396 e. The highest BCUT2D eigenvalue weighted by Crippen LogP contribution is 2.35. The van der Waals surface area contributed by atoms with Crippen molar-refractivity contribution < 1.29 is 0 Å². The Morgan fingerprint density at radius 3 is 2.38 bits per heavy atom. The summed E-state index contributed by atoms with van der Waals surface area (Å²) >= 11 is 3.50. The maximum Gasteiger partial charge on any atom is 0.0776 e. The van der Waals surface area contributed by atoms with Crippen LogP contribution in [0.25, 0.3) is 0 Å². The Kier molecular flexibility index (Phi) is 3.84. The van der Waals surface area contributed by atoms with Crippen molar-refractivity contribution in [3.8, 4) is 0 Å². The molecule has 3 nitrogen and oxygen atoms in total. The maximum atomic E-state index is 5.97. The molecule has 0 amide bonds. The van der Waals surface area contributed by atoms with Gasteiger partial charge in [-0.15, -0.1) is 0 Å². The topological polar surface area (TPSA) is 42.1 Å². The van der Waals surface area contributed by atoms with Crippen LogP contribution in [0.5, 0.6) is 0 Å². The molecule has 1 heterocycles. The van der Waals surface area contributed by atoms with Crippen molar-refractivity contribution in [2.75, 3.05) is 17.7 Å². The number of pyridine rings is 1. The zero-order valence-electron chi connectivity index (χ0n) is 10.6. The molecule has 4 heteroatoms. The van der Waals surface area contributed by atoms with Gasteiger partial charge >= 0.3 is 0 Å². The molecule has 0 radical (unpaired) electrons. The van der Waals surface area contributed by atoms with E-state index in [-0.39, 0.29) is 5.41 Å². The van der Waals surface area contributed by atoms with E-state index < -0.39 is 0 Å². The van der Waals surface area contributed by atoms with Crippen LogP contribution in [0.1, 0.15) is 27.7 Å². The van der Waals surface area contributed by atoms with E-state index in [1.54, 1.807) is 12.4 Å². The van der Waals surface area contributed by atoms with Gasteiger partial charge in [0.25, 0.3) is 0 Å². The first kappa shape index (κ1) is 13.3. The molecule has 0 aliphatic heterocycles. The van der Waals surface area contributed by atoms with Crippen LogP contribution in [-0.4, -0.2) is 18.1 Å². The zero-order chi connectivity index (χ0) is 12.5. The summed E-state index contributed by atoms with van der Waals surface area (Å²) in [5.74, 6) is 0. The van der Waals surface area contributed by atoms with Crippen LogP contribution >= 0.6 is 15.9 Å². The Bertz CT molecular complexity index is 351. The molecule has 0 saturated heterocycles. The van der Waals surface area contributed by atoms with Gasteiger partial charge in [0.1, 0.15) is 0 Å². The van der Waals surface area contributed by atoms with Gasteiger partial charge in [-0.05, 0) is 28.3 Å². The summed E-state index contributed by atoms with van der Waals surface area (Å²) in [5.41, 5.74) is 7.88. The highest BCUT2D eigenvalue weighted by molar-refractivity contribution is 9.10. The van der Waals surface area contributed by atoms with Crippen molar-refractivity contribution in [2.45, 2.75) is 33.7 Å². The number of anilines is 2. The minimum Gasteiger partial charge on any atom is -0.396 e. The average Bonchev–Trinajstić information content (AvgIpc) is 2.14. The molecule has 2 N–H and O–H groups in total. The molecule has 1 rings (SSSR count). The van der Waals surface area contributed by atoms with Crippen LogP contribution in [0.3, 0.4) is 0 Å². The number of hydrogen-bond donors (Lipinski definition) is 1. The number of nitrogens with two attached hydrogens (primary N) is 1.